The molecule has 6 nitrogen and oxygen atoms in total. The van der Waals surface area contributed by atoms with E-state index >= 15 is 0 Å². The molecule has 164 valence electrons. The third-order valence-corrected chi connectivity index (χ3v) is 5.49. The molecule has 1 aliphatic heterocycles. The average Bonchev–Trinajstić information content (AvgIpc) is 2.99. The Labute approximate surface area is 185 Å². The maximum atomic E-state index is 13.5. The molecule has 1 N–H and O–H groups in total. The van der Waals surface area contributed by atoms with E-state index in [9.17, 15) is 19.1 Å². The van der Waals surface area contributed by atoms with Crippen molar-refractivity contribution in [3.63, 3.8) is 0 Å². The third kappa shape index (κ3) is 4.73. The summed E-state index contributed by atoms with van der Waals surface area (Å²) in [6, 6.07) is 9.33. The number of benzene rings is 2. The predicted octanol–water partition coefficient (Wildman–Crippen LogP) is 3.86. The molecule has 0 aliphatic carbocycles. The number of carbonyl (C=O) groups is 2. The molecule has 2 aromatic carbocycles. The molecule has 2 aromatic rings. The third-order valence-electron chi connectivity index (χ3n) is 5.16. The van der Waals surface area contributed by atoms with Crippen LogP contribution in [0.2, 0.25) is 5.02 Å². The monoisotopic (exact) mass is 446 g/mol. The zero-order chi connectivity index (χ0) is 22.7. The van der Waals surface area contributed by atoms with E-state index in [4.69, 9.17) is 16.3 Å². The average molecular weight is 447 g/mol. The van der Waals surface area contributed by atoms with E-state index in [0.717, 1.165) is 0 Å². The van der Waals surface area contributed by atoms with Gasteiger partial charge in [0.15, 0.2) is 0 Å². The molecule has 8 heteroatoms. The fraction of sp³-hybridized carbons (Fsp3) is 0.304. The summed E-state index contributed by atoms with van der Waals surface area (Å²) >= 11 is 6.27. The molecule has 0 aromatic heterocycles. The molecule has 31 heavy (non-hydrogen) atoms. The topological polar surface area (TPSA) is 70.1 Å². The van der Waals surface area contributed by atoms with Crippen LogP contribution in [0.4, 0.5) is 4.39 Å². The Hall–Kier alpha value is -2.90. The highest BCUT2D eigenvalue weighted by molar-refractivity contribution is 6.47. The van der Waals surface area contributed by atoms with Gasteiger partial charge in [-0.25, -0.2) is 4.39 Å². The van der Waals surface area contributed by atoms with Gasteiger partial charge in [0.05, 0.1) is 23.7 Å². The van der Waals surface area contributed by atoms with Gasteiger partial charge < -0.3 is 19.6 Å². The van der Waals surface area contributed by atoms with Crippen molar-refractivity contribution < 1.29 is 23.8 Å². The Morgan fingerprint density at radius 3 is 2.48 bits per heavy atom. The van der Waals surface area contributed by atoms with Crippen molar-refractivity contribution in [3.8, 4) is 5.75 Å². The predicted molar refractivity (Wildman–Crippen MR) is 117 cm³/mol. The van der Waals surface area contributed by atoms with Crippen molar-refractivity contribution in [2.24, 2.45) is 0 Å². The Morgan fingerprint density at radius 2 is 1.87 bits per heavy atom. The lowest BCUT2D eigenvalue weighted by molar-refractivity contribution is -0.139. The van der Waals surface area contributed by atoms with Crippen LogP contribution >= 0.6 is 11.6 Å². The fourth-order valence-electron chi connectivity index (χ4n) is 3.62. The molecule has 0 saturated carbocycles. The number of nitrogens with zero attached hydrogens (tertiary/aromatic N) is 2. The van der Waals surface area contributed by atoms with Crippen LogP contribution in [0.3, 0.4) is 0 Å². The van der Waals surface area contributed by atoms with Crippen molar-refractivity contribution in [3.05, 3.63) is 70.0 Å². The van der Waals surface area contributed by atoms with Crippen molar-refractivity contribution >= 4 is 29.1 Å². The first kappa shape index (κ1) is 22.8. The molecular formula is C23H24ClFN2O4. The molecule has 0 radical (unpaired) electrons. The number of ketones is 1. The van der Waals surface area contributed by atoms with Crippen LogP contribution in [0.15, 0.2) is 48.0 Å². The van der Waals surface area contributed by atoms with Gasteiger partial charge in [-0.15, -0.1) is 0 Å². The van der Waals surface area contributed by atoms with Gasteiger partial charge in [0.1, 0.15) is 17.3 Å². The summed E-state index contributed by atoms with van der Waals surface area (Å²) < 4.78 is 18.7. The van der Waals surface area contributed by atoms with Gasteiger partial charge in [-0.2, -0.15) is 0 Å². The number of likely N-dealkylation sites (tertiary alicyclic amines) is 1. The van der Waals surface area contributed by atoms with E-state index in [2.05, 4.69) is 0 Å². The summed E-state index contributed by atoms with van der Waals surface area (Å²) in [7, 11) is 5.29. The normalized spacial score (nSPS) is 18.1. The van der Waals surface area contributed by atoms with Gasteiger partial charge in [0, 0.05) is 12.1 Å². The number of halogens is 2. The van der Waals surface area contributed by atoms with Gasteiger partial charge in [0.2, 0.25) is 0 Å². The number of rotatable bonds is 7. The molecule has 1 atom stereocenters. The Balaban J connectivity index is 2.14. The number of aliphatic hydroxyl groups excluding tert-OH is 1. The maximum Gasteiger partial charge on any atom is 0.295 e. The first-order valence-electron chi connectivity index (χ1n) is 9.77. The second kappa shape index (κ2) is 9.49. The molecule has 1 amide bonds. The second-order valence-electron chi connectivity index (χ2n) is 7.55. The second-order valence-corrected chi connectivity index (χ2v) is 7.95. The molecule has 0 bridgehead atoms. The van der Waals surface area contributed by atoms with E-state index in [-0.39, 0.29) is 16.2 Å². The molecule has 1 heterocycles. The van der Waals surface area contributed by atoms with Crippen LogP contribution in [0.5, 0.6) is 5.75 Å². The van der Waals surface area contributed by atoms with Crippen molar-refractivity contribution in [1.82, 2.24) is 9.80 Å². The largest absolute Gasteiger partial charge is 0.507 e. The summed E-state index contributed by atoms with van der Waals surface area (Å²) in [5.74, 6) is -1.93. The lowest BCUT2D eigenvalue weighted by atomic mass is 9.95. The molecule has 1 fully saturated rings. The Bertz CT molecular complexity index is 1020. The van der Waals surface area contributed by atoms with Crippen LogP contribution in [-0.2, 0) is 9.59 Å². The van der Waals surface area contributed by atoms with E-state index < -0.39 is 29.3 Å². The molecule has 1 saturated heterocycles. The Morgan fingerprint density at radius 1 is 1.19 bits per heavy atom. The molecular weight excluding hydrogens is 423 g/mol. The number of amides is 1. The van der Waals surface area contributed by atoms with Gasteiger partial charge >= 0.3 is 0 Å². The number of ether oxygens (including phenoxy) is 1. The van der Waals surface area contributed by atoms with Crippen LogP contribution in [-0.4, -0.2) is 60.9 Å². The summed E-state index contributed by atoms with van der Waals surface area (Å²) in [6.07, 6.45) is 0.623. The number of Topliss-reactive ketones (excluding diaryl/α,β-unsaturated/α-hetero) is 1. The van der Waals surface area contributed by atoms with Crippen LogP contribution in [0.1, 0.15) is 23.6 Å². The molecule has 1 unspecified atom stereocenters. The highest BCUT2D eigenvalue weighted by Gasteiger charge is 2.46. The van der Waals surface area contributed by atoms with E-state index in [1.54, 1.807) is 6.07 Å². The minimum Gasteiger partial charge on any atom is -0.507 e. The molecule has 1 aliphatic rings. The molecule has 3 rings (SSSR count). The van der Waals surface area contributed by atoms with E-state index in [1.807, 2.05) is 19.0 Å². The van der Waals surface area contributed by atoms with E-state index in [0.29, 0.717) is 30.8 Å². The maximum absolute atomic E-state index is 13.5. The summed E-state index contributed by atoms with van der Waals surface area (Å²) in [6.45, 7) is 1.01. The number of hydrogen-bond acceptors (Lipinski definition) is 5. The highest BCUT2D eigenvalue weighted by Crippen LogP contribution is 2.41. The summed E-state index contributed by atoms with van der Waals surface area (Å²) in [5, 5.41) is 11.3. The highest BCUT2D eigenvalue weighted by atomic mass is 35.5. The summed E-state index contributed by atoms with van der Waals surface area (Å²) in [4.78, 5) is 29.2. The van der Waals surface area contributed by atoms with Gasteiger partial charge in [-0.3, -0.25) is 9.59 Å². The number of aliphatic hydroxyl groups is 1. The Kier molecular flexibility index (Phi) is 6.97. The van der Waals surface area contributed by atoms with Crippen LogP contribution < -0.4 is 4.74 Å². The van der Waals surface area contributed by atoms with E-state index in [1.165, 1.54) is 48.4 Å². The smallest absolute Gasteiger partial charge is 0.295 e. The van der Waals surface area contributed by atoms with Gasteiger partial charge in [-0.05, 0) is 63.0 Å². The minimum atomic E-state index is -0.856. The van der Waals surface area contributed by atoms with Gasteiger partial charge in [0.25, 0.3) is 11.7 Å². The number of hydrogen-bond donors (Lipinski definition) is 1. The number of carbonyl (C=O) groups excluding carboxylic acids is 2. The first-order chi connectivity index (χ1) is 14.7. The SMILES string of the molecule is COc1ccc(Cl)c(/C(O)=C2\C(=O)C(=O)N(CCCN(C)C)C2c2ccc(F)cc2)c1. The van der Waals surface area contributed by atoms with Crippen LogP contribution in [0, 0.1) is 5.82 Å². The zero-order valence-corrected chi connectivity index (χ0v) is 18.3. The summed E-state index contributed by atoms with van der Waals surface area (Å²) in [5.41, 5.74) is 0.613. The lowest BCUT2D eigenvalue weighted by Gasteiger charge is -2.26. The fourth-order valence-corrected chi connectivity index (χ4v) is 3.82. The standard InChI is InChI=1S/C23H24ClFN2O4/c1-26(2)11-4-12-27-20(14-5-7-15(25)8-6-14)19(22(29)23(27)30)21(28)17-13-16(31-3)9-10-18(17)24/h5-10,13,20,28H,4,11-12H2,1-3H3/b21-19+. The van der Waals surface area contributed by atoms with Crippen molar-refractivity contribution in [2.75, 3.05) is 34.3 Å². The lowest BCUT2D eigenvalue weighted by Crippen LogP contribution is -2.32. The molecule has 0 spiro atoms. The zero-order valence-electron chi connectivity index (χ0n) is 17.6. The van der Waals surface area contributed by atoms with Crippen molar-refractivity contribution in [1.29, 1.82) is 0 Å². The number of methoxy groups -OCH3 is 1. The first-order valence-corrected chi connectivity index (χ1v) is 10.1. The quantitative estimate of drug-likeness (QED) is 0.397. The van der Waals surface area contributed by atoms with Crippen LogP contribution in [0.25, 0.3) is 5.76 Å². The van der Waals surface area contributed by atoms with Gasteiger partial charge in [-0.1, -0.05) is 23.7 Å². The minimum absolute atomic E-state index is 0.0865. The van der Waals surface area contributed by atoms with Crippen molar-refractivity contribution in [2.45, 2.75) is 12.5 Å².